The fourth-order valence-corrected chi connectivity index (χ4v) is 1.02. The minimum Gasteiger partial charge on any atom is -0.465 e. The number of ether oxygens (including phenoxy) is 1. The van der Waals surface area contributed by atoms with Gasteiger partial charge in [-0.2, -0.15) is 0 Å². The van der Waals surface area contributed by atoms with E-state index in [1.165, 1.54) is 0 Å². The lowest BCUT2D eigenvalue weighted by atomic mass is 10.1. The lowest BCUT2D eigenvalue weighted by Gasteiger charge is -2.09. The molecule has 76 valence electrons. The van der Waals surface area contributed by atoms with Crippen LogP contribution >= 0.6 is 0 Å². The molecule has 0 aromatic rings. The summed E-state index contributed by atoms with van der Waals surface area (Å²) in [4.78, 5) is 11.3. The molecule has 1 unspecified atom stereocenters. The van der Waals surface area contributed by atoms with Gasteiger partial charge < -0.3 is 4.74 Å². The molecule has 0 aromatic heterocycles. The average molecular weight is 184 g/mol. The number of esters is 1. The van der Waals surface area contributed by atoms with E-state index in [1.54, 1.807) is 0 Å². The molecule has 0 radical (unpaired) electrons. The van der Waals surface area contributed by atoms with Crippen molar-refractivity contribution in [3.8, 4) is 0 Å². The molecule has 0 N–H and O–H groups in total. The summed E-state index contributed by atoms with van der Waals surface area (Å²) in [7, 11) is 0. The Bertz CT molecular complexity index is 173. The first-order chi connectivity index (χ1) is 6.07. The van der Waals surface area contributed by atoms with Crippen LogP contribution in [0.5, 0.6) is 0 Å². The maximum atomic E-state index is 11.3. The van der Waals surface area contributed by atoms with Gasteiger partial charge in [0.1, 0.15) is 0 Å². The number of carbonyl (C=O) groups is 1. The number of carbonyl (C=O) groups excluding carboxylic acids is 1. The Labute approximate surface area is 81.0 Å². The van der Waals surface area contributed by atoms with Crippen molar-refractivity contribution < 1.29 is 9.53 Å². The molecule has 0 fully saturated rings. The maximum Gasteiger partial charge on any atom is 0.308 e. The van der Waals surface area contributed by atoms with E-state index >= 15 is 0 Å². The molecule has 0 aliphatic carbocycles. The van der Waals surface area contributed by atoms with Crippen molar-refractivity contribution in [1.82, 2.24) is 0 Å². The molecule has 2 heteroatoms. The second-order valence-electron chi connectivity index (χ2n) is 3.56. The van der Waals surface area contributed by atoms with Gasteiger partial charge >= 0.3 is 5.97 Å². The molecular formula is C11H20O2. The SMILES string of the molecule is C=C(C)CCOC(=O)C(C)CCC. The van der Waals surface area contributed by atoms with Crippen molar-refractivity contribution in [3.05, 3.63) is 12.2 Å². The standard InChI is InChI=1S/C11H20O2/c1-5-6-10(4)11(12)13-8-7-9(2)3/h10H,2,5-8H2,1,3-4H3. The molecule has 2 nitrogen and oxygen atoms in total. The normalized spacial score (nSPS) is 12.2. The van der Waals surface area contributed by atoms with E-state index in [2.05, 4.69) is 13.5 Å². The van der Waals surface area contributed by atoms with Gasteiger partial charge in [-0.1, -0.05) is 25.8 Å². The first-order valence-electron chi connectivity index (χ1n) is 4.89. The van der Waals surface area contributed by atoms with Crippen molar-refractivity contribution >= 4 is 5.97 Å². The van der Waals surface area contributed by atoms with Crippen LogP contribution in [0, 0.1) is 5.92 Å². The molecule has 0 bridgehead atoms. The second kappa shape index (κ2) is 6.70. The highest BCUT2D eigenvalue weighted by Gasteiger charge is 2.12. The summed E-state index contributed by atoms with van der Waals surface area (Å²) in [6.07, 6.45) is 2.70. The predicted octanol–water partition coefficient (Wildman–Crippen LogP) is 2.93. The zero-order chi connectivity index (χ0) is 10.3. The minimum absolute atomic E-state index is 0.0371. The van der Waals surface area contributed by atoms with Gasteiger partial charge in [-0.05, 0) is 13.3 Å². The van der Waals surface area contributed by atoms with Gasteiger partial charge in [-0.15, -0.1) is 6.58 Å². The molecule has 0 aromatic carbocycles. The van der Waals surface area contributed by atoms with E-state index in [0.29, 0.717) is 6.61 Å². The summed E-state index contributed by atoms with van der Waals surface area (Å²) >= 11 is 0. The summed E-state index contributed by atoms with van der Waals surface area (Å²) in [5, 5.41) is 0. The minimum atomic E-state index is -0.0805. The summed E-state index contributed by atoms with van der Waals surface area (Å²) in [6.45, 7) is 10.1. The van der Waals surface area contributed by atoms with Crippen LogP contribution in [-0.4, -0.2) is 12.6 Å². The molecule has 0 saturated carbocycles. The summed E-state index contributed by atoms with van der Waals surface area (Å²) < 4.78 is 5.07. The Morgan fingerprint density at radius 3 is 2.62 bits per heavy atom. The van der Waals surface area contributed by atoms with Crippen LogP contribution < -0.4 is 0 Å². The third-order valence-corrected chi connectivity index (χ3v) is 1.90. The molecule has 0 saturated heterocycles. The molecule has 0 heterocycles. The molecular weight excluding hydrogens is 164 g/mol. The van der Waals surface area contributed by atoms with Gasteiger partial charge in [0.25, 0.3) is 0 Å². The van der Waals surface area contributed by atoms with Gasteiger partial charge in [-0.25, -0.2) is 0 Å². The van der Waals surface area contributed by atoms with Crippen LogP contribution in [-0.2, 0) is 9.53 Å². The Hall–Kier alpha value is -0.790. The zero-order valence-corrected chi connectivity index (χ0v) is 8.93. The zero-order valence-electron chi connectivity index (χ0n) is 8.93. The quantitative estimate of drug-likeness (QED) is 0.468. The topological polar surface area (TPSA) is 26.3 Å². The van der Waals surface area contributed by atoms with E-state index < -0.39 is 0 Å². The Balaban J connectivity index is 3.55. The van der Waals surface area contributed by atoms with Gasteiger partial charge in [0.05, 0.1) is 12.5 Å². The Morgan fingerprint density at radius 1 is 1.54 bits per heavy atom. The molecule has 0 aliphatic heterocycles. The second-order valence-corrected chi connectivity index (χ2v) is 3.56. The van der Waals surface area contributed by atoms with Crippen molar-refractivity contribution in [2.24, 2.45) is 5.92 Å². The van der Waals surface area contributed by atoms with Crippen molar-refractivity contribution in [2.75, 3.05) is 6.61 Å². The van der Waals surface area contributed by atoms with Crippen LogP contribution in [0.15, 0.2) is 12.2 Å². The third kappa shape index (κ3) is 6.38. The lowest BCUT2D eigenvalue weighted by molar-refractivity contribution is -0.148. The highest BCUT2D eigenvalue weighted by molar-refractivity contribution is 5.71. The smallest absolute Gasteiger partial charge is 0.308 e. The highest BCUT2D eigenvalue weighted by atomic mass is 16.5. The summed E-state index contributed by atoms with van der Waals surface area (Å²) in [5.74, 6) is -0.0433. The van der Waals surface area contributed by atoms with E-state index in [4.69, 9.17) is 4.74 Å². The van der Waals surface area contributed by atoms with E-state index in [0.717, 1.165) is 24.8 Å². The van der Waals surface area contributed by atoms with Gasteiger partial charge in [-0.3, -0.25) is 4.79 Å². The van der Waals surface area contributed by atoms with Crippen LogP contribution in [0.4, 0.5) is 0 Å². The Morgan fingerprint density at radius 2 is 2.15 bits per heavy atom. The van der Waals surface area contributed by atoms with Crippen molar-refractivity contribution in [3.63, 3.8) is 0 Å². The van der Waals surface area contributed by atoms with Gasteiger partial charge in [0, 0.05) is 6.42 Å². The fourth-order valence-electron chi connectivity index (χ4n) is 1.02. The molecule has 0 amide bonds. The number of hydrogen-bond donors (Lipinski definition) is 0. The van der Waals surface area contributed by atoms with Gasteiger partial charge in [0.2, 0.25) is 0 Å². The Kier molecular flexibility index (Phi) is 6.29. The van der Waals surface area contributed by atoms with Crippen LogP contribution in [0.25, 0.3) is 0 Å². The first-order valence-corrected chi connectivity index (χ1v) is 4.89. The molecule has 0 aliphatic rings. The van der Waals surface area contributed by atoms with E-state index in [9.17, 15) is 4.79 Å². The number of hydrogen-bond acceptors (Lipinski definition) is 2. The monoisotopic (exact) mass is 184 g/mol. The van der Waals surface area contributed by atoms with E-state index in [1.807, 2.05) is 13.8 Å². The van der Waals surface area contributed by atoms with Crippen molar-refractivity contribution in [1.29, 1.82) is 0 Å². The predicted molar refractivity (Wildman–Crippen MR) is 54.5 cm³/mol. The van der Waals surface area contributed by atoms with Crippen LogP contribution in [0.2, 0.25) is 0 Å². The summed E-state index contributed by atoms with van der Waals surface area (Å²) in [6, 6.07) is 0. The van der Waals surface area contributed by atoms with Gasteiger partial charge in [0.15, 0.2) is 0 Å². The van der Waals surface area contributed by atoms with Crippen molar-refractivity contribution in [2.45, 2.75) is 40.0 Å². The lowest BCUT2D eigenvalue weighted by Crippen LogP contribution is -2.15. The third-order valence-electron chi connectivity index (χ3n) is 1.90. The largest absolute Gasteiger partial charge is 0.465 e. The van der Waals surface area contributed by atoms with Crippen LogP contribution in [0.3, 0.4) is 0 Å². The molecule has 0 rings (SSSR count). The fraction of sp³-hybridized carbons (Fsp3) is 0.727. The molecule has 0 spiro atoms. The first kappa shape index (κ1) is 12.2. The summed E-state index contributed by atoms with van der Waals surface area (Å²) in [5.41, 5.74) is 1.05. The molecule has 1 atom stereocenters. The van der Waals surface area contributed by atoms with E-state index in [-0.39, 0.29) is 11.9 Å². The average Bonchev–Trinajstić information content (AvgIpc) is 2.04. The highest BCUT2D eigenvalue weighted by Crippen LogP contribution is 2.07. The maximum absolute atomic E-state index is 11.3. The van der Waals surface area contributed by atoms with Crippen LogP contribution in [0.1, 0.15) is 40.0 Å². The number of rotatable bonds is 6. The molecule has 13 heavy (non-hydrogen) atoms.